The molecule has 4 rings (SSSR count). The first-order chi connectivity index (χ1) is 16.4. The number of carbonyl (C=O) groups is 1. The number of benzene rings is 2. The van der Waals surface area contributed by atoms with E-state index >= 15 is 0 Å². The van der Waals surface area contributed by atoms with Crippen LogP contribution in [0.2, 0.25) is 0 Å². The maximum absolute atomic E-state index is 13.4. The number of aromatic nitrogens is 1. The minimum Gasteiger partial charge on any atom is -0.341 e. The van der Waals surface area contributed by atoms with Crippen LogP contribution < -0.4 is 4.72 Å². The minimum absolute atomic E-state index is 0.117. The predicted octanol–water partition coefficient (Wildman–Crippen LogP) is 4.55. The normalized spacial score (nSPS) is 16.0. The summed E-state index contributed by atoms with van der Waals surface area (Å²) in [6.07, 6.45) is 6.53. The third-order valence-electron chi connectivity index (χ3n) is 6.62. The quantitative estimate of drug-likeness (QED) is 0.457. The summed E-state index contributed by atoms with van der Waals surface area (Å²) >= 11 is 0. The number of nitrogens with one attached hydrogen (secondary N) is 1. The Morgan fingerprint density at radius 2 is 1.76 bits per heavy atom. The standard InChI is InChI=1S/C27H33N3O3S/c1-21-15-18-30(19-16-21)27(31)26(12-5-4-10-24-11-6-7-17-28-24)29-34(32,33)25-14-13-22-8-2-3-9-23(22)20-25/h2-3,6-9,11,13-14,17,20-21,26,29H,4-5,10,12,15-16,18-19H2,1H3/t26-/m0/s1. The zero-order valence-corrected chi connectivity index (χ0v) is 20.5. The molecular formula is C27H33N3O3S. The molecule has 3 aromatic rings. The first kappa shape index (κ1) is 24.4. The smallest absolute Gasteiger partial charge is 0.241 e. The van der Waals surface area contributed by atoms with Crippen molar-refractivity contribution in [3.05, 3.63) is 72.6 Å². The fraction of sp³-hybridized carbons (Fsp3) is 0.407. The van der Waals surface area contributed by atoms with Crippen LogP contribution >= 0.6 is 0 Å². The molecular weight excluding hydrogens is 446 g/mol. The van der Waals surface area contributed by atoms with E-state index in [1.54, 1.807) is 24.4 Å². The number of unbranched alkanes of at least 4 members (excludes halogenated alkanes) is 1. The van der Waals surface area contributed by atoms with E-state index in [0.29, 0.717) is 25.4 Å². The number of hydrogen-bond acceptors (Lipinski definition) is 4. The van der Waals surface area contributed by atoms with Gasteiger partial charge < -0.3 is 4.90 Å². The monoisotopic (exact) mass is 479 g/mol. The van der Waals surface area contributed by atoms with Crippen molar-refractivity contribution in [1.82, 2.24) is 14.6 Å². The number of pyridine rings is 1. The van der Waals surface area contributed by atoms with Crippen molar-refractivity contribution in [3.8, 4) is 0 Å². The molecule has 0 saturated carbocycles. The second-order valence-electron chi connectivity index (χ2n) is 9.26. The van der Waals surface area contributed by atoms with Gasteiger partial charge in [-0.1, -0.05) is 49.7 Å². The number of aryl methyl sites for hydroxylation is 1. The van der Waals surface area contributed by atoms with Gasteiger partial charge in [0.2, 0.25) is 15.9 Å². The van der Waals surface area contributed by atoms with Crippen molar-refractivity contribution in [2.24, 2.45) is 5.92 Å². The van der Waals surface area contributed by atoms with Crippen molar-refractivity contribution < 1.29 is 13.2 Å². The second kappa shape index (κ2) is 11.1. The van der Waals surface area contributed by atoms with E-state index in [-0.39, 0.29) is 10.8 Å². The van der Waals surface area contributed by atoms with Gasteiger partial charge in [-0.2, -0.15) is 4.72 Å². The van der Waals surface area contributed by atoms with Gasteiger partial charge in [-0.3, -0.25) is 9.78 Å². The number of piperidine rings is 1. The highest BCUT2D eigenvalue weighted by molar-refractivity contribution is 7.89. The Bertz CT molecular complexity index is 1210. The van der Waals surface area contributed by atoms with Gasteiger partial charge in [-0.05, 0) is 73.1 Å². The molecule has 7 heteroatoms. The van der Waals surface area contributed by atoms with Crippen molar-refractivity contribution in [2.45, 2.75) is 56.4 Å². The highest BCUT2D eigenvalue weighted by atomic mass is 32.2. The number of carbonyl (C=O) groups excluding carboxylic acids is 1. The van der Waals surface area contributed by atoms with E-state index in [0.717, 1.165) is 48.6 Å². The van der Waals surface area contributed by atoms with Gasteiger partial charge in [0, 0.05) is 25.0 Å². The van der Waals surface area contributed by atoms with Gasteiger partial charge in [-0.15, -0.1) is 0 Å². The van der Waals surface area contributed by atoms with Gasteiger partial charge in [-0.25, -0.2) is 8.42 Å². The van der Waals surface area contributed by atoms with Crippen LogP contribution in [0, 0.1) is 5.92 Å². The number of likely N-dealkylation sites (tertiary alicyclic amines) is 1. The molecule has 1 aliphatic heterocycles. The van der Waals surface area contributed by atoms with Gasteiger partial charge in [0.1, 0.15) is 6.04 Å². The van der Waals surface area contributed by atoms with Gasteiger partial charge in [0.15, 0.2) is 0 Å². The maximum Gasteiger partial charge on any atom is 0.241 e. The summed E-state index contributed by atoms with van der Waals surface area (Å²) in [5.74, 6) is 0.476. The van der Waals surface area contributed by atoms with Crippen LogP contribution in [0.25, 0.3) is 10.8 Å². The topological polar surface area (TPSA) is 79.4 Å². The Hall–Kier alpha value is -2.77. The number of amides is 1. The lowest BCUT2D eigenvalue weighted by molar-refractivity contribution is -0.134. The summed E-state index contributed by atoms with van der Waals surface area (Å²) in [6.45, 7) is 3.56. The molecule has 0 bridgehead atoms. The zero-order chi connectivity index (χ0) is 24.0. The van der Waals surface area contributed by atoms with Crippen molar-refractivity contribution in [2.75, 3.05) is 13.1 Å². The Labute approximate surface area is 202 Å². The lowest BCUT2D eigenvalue weighted by atomic mass is 9.98. The Morgan fingerprint density at radius 3 is 2.50 bits per heavy atom. The Balaban J connectivity index is 1.47. The number of hydrogen-bond donors (Lipinski definition) is 1. The van der Waals surface area contributed by atoms with E-state index in [9.17, 15) is 13.2 Å². The van der Waals surface area contributed by atoms with E-state index in [2.05, 4.69) is 16.6 Å². The number of sulfonamides is 1. The van der Waals surface area contributed by atoms with E-state index in [4.69, 9.17) is 0 Å². The van der Waals surface area contributed by atoms with Crippen molar-refractivity contribution in [1.29, 1.82) is 0 Å². The highest BCUT2D eigenvalue weighted by Crippen LogP contribution is 2.22. The zero-order valence-electron chi connectivity index (χ0n) is 19.7. The Morgan fingerprint density at radius 1 is 1.03 bits per heavy atom. The van der Waals surface area contributed by atoms with Crippen molar-refractivity contribution >= 4 is 26.7 Å². The molecule has 34 heavy (non-hydrogen) atoms. The summed E-state index contributed by atoms with van der Waals surface area (Å²) in [5.41, 5.74) is 1.01. The molecule has 0 unspecified atom stereocenters. The van der Waals surface area contributed by atoms with E-state index in [1.807, 2.05) is 47.4 Å². The first-order valence-corrected chi connectivity index (χ1v) is 13.6. The Kier molecular flexibility index (Phi) is 7.95. The fourth-order valence-corrected chi connectivity index (χ4v) is 5.73. The minimum atomic E-state index is -3.84. The van der Waals surface area contributed by atoms with E-state index < -0.39 is 16.1 Å². The van der Waals surface area contributed by atoms with Crippen LogP contribution in [-0.4, -0.2) is 43.3 Å². The van der Waals surface area contributed by atoms with Gasteiger partial charge >= 0.3 is 0 Å². The van der Waals surface area contributed by atoms with Gasteiger partial charge in [0.25, 0.3) is 0 Å². The molecule has 6 nitrogen and oxygen atoms in total. The molecule has 1 aliphatic rings. The summed E-state index contributed by atoms with van der Waals surface area (Å²) in [7, 11) is -3.84. The lowest BCUT2D eigenvalue weighted by Gasteiger charge is -2.33. The average molecular weight is 480 g/mol. The maximum atomic E-state index is 13.4. The third-order valence-corrected chi connectivity index (χ3v) is 8.09. The highest BCUT2D eigenvalue weighted by Gasteiger charge is 2.30. The molecule has 1 atom stereocenters. The SMILES string of the molecule is CC1CCN(C(=O)[C@H](CCCCc2ccccn2)NS(=O)(=O)c2ccc3ccccc3c2)CC1. The van der Waals surface area contributed by atoms with Crippen LogP contribution in [0.1, 0.15) is 44.7 Å². The van der Waals surface area contributed by atoms with Crippen LogP contribution in [0.15, 0.2) is 71.8 Å². The largest absolute Gasteiger partial charge is 0.341 e. The van der Waals surface area contributed by atoms with Crippen LogP contribution in [0.4, 0.5) is 0 Å². The lowest BCUT2D eigenvalue weighted by Crippen LogP contribution is -2.50. The molecule has 1 amide bonds. The summed E-state index contributed by atoms with van der Waals surface area (Å²) in [5, 5.41) is 1.83. The summed E-state index contributed by atoms with van der Waals surface area (Å²) in [4.78, 5) is 19.7. The fourth-order valence-electron chi connectivity index (χ4n) is 4.47. The van der Waals surface area contributed by atoms with Crippen LogP contribution in [0.3, 0.4) is 0 Å². The molecule has 1 saturated heterocycles. The first-order valence-electron chi connectivity index (χ1n) is 12.1. The molecule has 180 valence electrons. The molecule has 0 spiro atoms. The second-order valence-corrected chi connectivity index (χ2v) is 11.0. The molecule has 1 N–H and O–H groups in total. The average Bonchev–Trinajstić information content (AvgIpc) is 2.86. The number of fused-ring (bicyclic) bond motifs is 1. The summed E-state index contributed by atoms with van der Waals surface area (Å²) < 4.78 is 29.3. The van der Waals surface area contributed by atoms with Gasteiger partial charge in [0.05, 0.1) is 4.90 Å². The number of nitrogens with zero attached hydrogens (tertiary/aromatic N) is 2. The molecule has 0 radical (unpaired) electrons. The van der Waals surface area contributed by atoms with Crippen LogP contribution in [0.5, 0.6) is 0 Å². The van der Waals surface area contributed by atoms with E-state index in [1.165, 1.54) is 0 Å². The molecule has 2 aromatic carbocycles. The van der Waals surface area contributed by atoms with Crippen LogP contribution in [-0.2, 0) is 21.2 Å². The van der Waals surface area contributed by atoms with Crippen molar-refractivity contribution in [3.63, 3.8) is 0 Å². The molecule has 2 heterocycles. The molecule has 1 aromatic heterocycles. The predicted molar refractivity (Wildman–Crippen MR) is 135 cm³/mol. The molecule has 1 fully saturated rings. The molecule has 0 aliphatic carbocycles. The number of rotatable bonds is 9. The summed E-state index contributed by atoms with van der Waals surface area (Å²) in [6, 6.07) is 17.8. The third kappa shape index (κ3) is 6.21.